The van der Waals surface area contributed by atoms with Crippen LogP contribution in [0.4, 0.5) is 11.4 Å². The molecule has 120 valence electrons. The molecule has 2 amide bonds. The molecule has 7 heteroatoms. The first-order valence-electron chi connectivity index (χ1n) is 6.62. The molecule has 2 aromatic rings. The summed E-state index contributed by atoms with van der Waals surface area (Å²) in [6.07, 6.45) is 0. The average Bonchev–Trinajstić information content (AvgIpc) is 2.49. The molecule has 0 radical (unpaired) electrons. The number of anilines is 2. The van der Waals surface area contributed by atoms with E-state index >= 15 is 0 Å². The summed E-state index contributed by atoms with van der Waals surface area (Å²) < 4.78 is 5.16. The minimum absolute atomic E-state index is 0.255. The number of hydrogen-bond donors (Lipinski definition) is 2. The van der Waals surface area contributed by atoms with Gasteiger partial charge in [0.05, 0.1) is 23.4 Å². The SMILES string of the molecule is COc1cc(Cl)ccc1C(=O)Nc1ccc(Cl)c(NC(C)=O)c1. The van der Waals surface area contributed by atoms with Crippen molar-refractivity contribution in [2.45, 2.75) is 6.92 Å². The first-order valence-corrected chi connectivity index (χ1v) is 7.38. The van der Waals surface area contributed by atoms with E-state index in [4.69, 9.17) is 27.9 Å². The third-order valence-electron chi connectivity index (χ3n) is 2.94. The Labute approximate surface area is 143 Å². The van der Waals surface area contributed by atoms with E-state index in [9.17, 15) is 9.59 Å². The van der Waals surface area contributed by atoms with Crippen LogP contribution in [0.3, 0.4) is 0 Å². The number of methoxy groups -OCH3 is 1. The number of amides is 2. The minimum atomic E-state index is -0.366. The van der Waals surface area contributed by atoms with Gasteiger partial charge in [-0.1, -0.05) is 23.2 Å². The van der Waals surface area contributed by atoms with Crippen LogP contribution < -0.4 is 15.4 Å². The summed E-state index contributed by atoms with van der Waals surface area (Å²) in [5, 5.41) is 6.16. The van der Waals surface area contributed by atoms with Gasteiger partial charge in [-0.3, -0.25) is 9.59 Å². The molecule has 0 aliphatic heterocycles. The highest BCUT2D eigenvalue weighted by atomic mass is 35.5. The predicted octanol–water partition coefficient (Wildman–Crippen LogP) is 4.21. The van der Waals surface area contributed by atoms with E-state index in [-0.39, 0.29) is 11.8 Å². The molecule has 0 saturated heterocycles. The van der Waals surface area contributed by atoms with Crippen molar-refractivity contribution in [2.24, 2.45) is 0 Å². The molecule has 0 atom stereocenters. The molecule has 0 aliphatic rings. The number of carbonyl (C=O) groups is 2. The summed E-state index contributed by atoms with van der Waals surface area (Å²) in [5.41, 5.74) is 1.24. The number of benzene rings is 2. The van der Waals surface area contributed by atoms with Gasteiger partial charge in [0.1, 0.15) is 5.75 Å². The zero-order valence-corrected chi connectivity index (χ0v) is 14.0. The summed E-state index contributed by atoms with van der Waals surface area (Å²) in [5.74, 6) is -0.254. The molecular weight excluding hydrogens is 339 g/mol. The topological polar surface area (TPSA) is 67.4 Å². The summed E-state index contributed by atoms with van der Waals surface area (Å²) >= 11 is 11.9. The van der Waals surface area contributed by atoms with Crippen molar-refractivity contribution >= 4 is 46.4 Å². The van der Waals surface area contributed by atoms with Crippen LogP contribution in [0.25, 0.3) is 0 Å². The van der Waals surface area contributed by atoms with E-state index in [2.05, 4.69) is 10.6 Å². The smallest absolute Gasteiger partial charge is 0.259 e. The van der Waals surface area contributed by atoms with Crippen LogP contribution in [0.15, 0.2) is 36.4 Å². The summed E-state index contributed by atoms with van der Waals surface area (Å²) in [6, 6.07) is 9.52. The van der Waals surface area contributed by atoms with Crippen LogP contribution in [-0.2, 0) is 4.79 Å². The zero-order chi connectivity index (χ0) is 17.0. The first kappa shape index (κ1) is 17.1. The lowest BCUT2D eigenvalue weighted by molar-refractivity contribution is -0.114. The van der Waals surface area contributed by atoms with Crippen molar-refractivity contribution in [3.05, 3.63) is 52.0 Å². The van der Waals surface area contributed by atoms with Crippen LogP contribution in [0, 0.1) is 0 Å². The van der Waals surface area contributed by atoms with Gasteiger partial charge in [0, 0.05) is 17.6 Å². The lowest BCUT2D eigenvalue weighted by Crippen LogP contribution is -2.14. The van der Waals surface area contributed by atoms with Gasteiger partial charge in [-0.05, 0) is 36.4 Å². The van der Waals surface area contributed by atoms with Crippen molar-refractivity contribution in [1.82, 2.24) is 0 Å². The second-order valence-corrected chi connectivity index (χ2v) is 5.52. The Kier molecular flexibility index (Phi) is 5.47. The van der Waals surface area contributed by atoms with E-state index in [1.807, 2.05) is 0 Å². The molecule has 5 nitrogen and oxygen atoms in total. The molecule has 23 heavy (non-hydrogen) atoms. The van der Waals surface area contributed by atoms with E-state index in [0.29, 0.717) is 32.7 Å². The lowest BCUT2D eigenvalue weighted by Gasteiger charge is -2.11. The number of rotatable bonds is 4. The van der Waals surface area contributed by atoms with Crippen LogP contribution in [0.1, 0.15) is 17.3 Å². The van der Waals surface area contributed by atoms with Crippen LogP contribution in [0.5, 0.6) is 5.75 Å². The highest BCUT2D eigenvalue weighted by molar-refractivity contribution is 6.34. The number of carbonyl (C=O) groups excluding carboxylic acids is 2. The van der Waals surface area contributed by atoms with Crippen LogP contribution in [0.2, 0.25) is 10.0 Å². The van der Waals surface area contributed by atoms with Crippen molar-refractivity contribution < 1.29 is 14.3 Å². The Balaban J connectivity index is 2.25. The quantitative estimate of drug-likeness (QED) is 0.865. The van der Waals surface area contributed by atoms with Gasteiger partial charge < -0.3 is 15.4 Å². The Morgan fingerprint density at radius 1 is 1.04 bits per heavy atom. The van der Waals surface area contributed by atoms with Crippen molar-refractivity contribution in [2.75, 3.05) is 17.7 Å². The van der Waals surface area contributed by atoms with Crippen molar-refractivity contribution in [3.8, 4) is 5.75 Å². The Morgan fingerprint density at radius 2 is 1.78 bits per heavy atom. The monoisotopic (exact) mass is 352 g/mol. The van der Waals surface area contributed by atoms with Gasteiger partial charge in [-0.15, -0.1) is 0 Å². The first-order chi connectivity index (χ1) is 10.9. The number of nitrogens with one attached hydrogen (secondary N) is 2. The predicted molar refractivity (Wildman–Crippen MR) is 91.7 cm³/mol. The number of halogens is 2. The van der Waals surface area contributed by atoms with E-state index in [1.54, 1.807) is 36.4 Å². The van der Waals surface area contributed by atoms with E-state index in [0.717, 1.165) is 0 Å². The second-order valence-electron chi connectivity index (χ2n) is 4.67. The molecule has 0 aliphatic carbocycles. The van der Waals surface area contributed by atoms with Gasteiger partial charge >= 0.3 is 0 Å². The van der Waals surface area contributed by atoms with Crippen molar-refractivity contribution in [3.63, 3.8) is 0 Å². The Hall–Kier alpha value is -2.24. The molecule has 0 heterocycles. The summed E-state index contributed by atoms with van der Waals surface area (Å²) in [6.45, 7) is 1.38. The Morgan fingerprint density at radius 3 is 2.43 bits per heavy atom. The normalized spacial score (nSPS) is 10.1. The fourth-order valence-electron chi connectivity index (χ4n) is 1.94. The molecule has 0 saturated carbocycles. The molecule has 0 fully saturated rings. The summed E-state index contributed by atoms with van der Waals surface area (Å²) in [7, 11) is 1.46. The molecule has 2 rings (SSSR count). The lowest BCUT2D eigenvalue weighted by atomic mass is 10.1. The van der Waals surface area contributed by atoms with E-state index in [1.165, 1.54) is 14.0 Å². The molecule has 2 aromatic carbocycles. The maximum atomic E-state index is 12.4. The third kappa shape index (κ3) is 4.37. The van der Waals surface area contributed by atoms with Gasteiger partial charge in [0.2, 0.25) is 5.91 Å². The fourth-order valence-corrected chi connectivity index (χ4v) is 2.27. The van der Waals surface area contributed by atoms with E-state index < -0.39 is 0 Å². The molecule has 2 N–H and O–H groups in total. The molecular formula is C16H14Cl2N2O3. The highest BCUT2D eigenvalue weighted by Crippen LogP contribution is 2.27. The highest BCUT2D eigenvalue weighted by Gasteiger charge is 2.14. The Bertz CT molecular complexity index is 763. The molecule has 0 bridgehead atoms. The zero-order valence-electron chi connectivity index (χ0n) is 12.4. The van der Waals surface area contributed by atoms with Gasteiger partial charge in [0.15, 0.2) is 0 Å². The molecule has 0 aromatic heterocycles. The van der Waals surface area contributed by atoms with Gasteiger partial charge in [0.25, 0.3) is 5.91 Å². The maximum Gasteiger partial charge on any atom is 0.259 e. The van der Waals surface area contributed by atoms with Gasteiger partial charge in [-0.2, -0.15) is 0 Å². The largest absolute Gasteiger partial charge is 0.496 e. The second kappa shape index (κ2) is 7.35. The molecule has 0 spiro atoms. The number of ether oxygens (including phenoxy) is 1. The fraction of sp³-hybridized carbons (Fsp3) is 0.125. The van der Waals surface area contributed by atoms with Gasteiger partial charge in [-0.25, -0.2) is 0 Å². The van der Waals surface area contributed by atoms with Crippen LogP contribution in [-0.4, -0.2) is 18.9 Å². The van der Waals surface area contributed by atoms with Crippen LogP contribution >= 0.6 is 23.2 Å². The molecule has 0 unspecified atom stereocenters. The standard InChI is InChI=1S/C16H14Cl2N2O3/c1-9(21)19-14-8-11(4-6-13(14)18)20-16(22)12-5-3-10(17)7-15(12)23-2/h3-8H,1-2H3,(H,19,21)(H,20,22). The minimum Gasteiger partial charge on any atom is -0.496 e. The van der Waals surface area contributed by atoms with Crippen molar-refractivity contribution in [1.29, 1.82) is 0 Å². The maximum absolute atomic E-state index is 12.4. The summed E-state index contributed by atoms with van der Waals surface area (Å²) in [4.78, 5) is 23.5. The average molecular weight is 353 g/mol. The third-order valence-corrected chi connectivity index (χ3v) is 3.51. The number of hydrogen-bond acceptors (Lipinski definition) is 3.